The number of carbonyl (C=O) groups excluding carboxylic acids is 2. The number of amides is 2. The van der Waals surface area contributed by atoms with Crippen LogP contribution < -0.4 is 0 Å². The largest absolute Gasteiger partial charge is 0.339 e. The summed E-state index contributed by atoms with van der Waals surface area (Å²) in [6.45, 7) is 9.01. The van der Waals surface area contributed by atoms with Gasteiger partial charge in [-0.2, -0.15) is 5.10 Å². The fraction of sp³-hybridized carbons (Fsp3) is 0.476. The van der Waals surface area contributed by atoms with Crippen molar-refractivity contribution in [1.29, 1.82) is 0 Å². The number of piperazine rings is 1. The SMILES string of the molecule is CCCCN1CCN(C(=O)c2ccc(Cn3nc(C)cc3C)cc2)CC1=O. The summed E-state index contributed by atoms with van der Waals surface area (Å²) >= 11 is 0. The second kappa shape index (κ2) is 8.37. The van der Waals surface area contributed by atoms with Gasteiger partial charge in [0.25, 0.3) is 5.91 Å². The van der Waals surface area contributed by atoms with E-state index in [4.69, 9.17) is 0 Å². The minimum Gasteiger partial charge on any atom is -0.339 e. The summed E-state index contributed by atoms with van der Waals surface area (Å²) in [5, 5.41) is 4.47. The summed E-state index contributed by atoms with van der Waals surface area (Å²) in [4.78, 5) is 28.5. The van der Waals surface area contributed by atoms with E-state index in [1.54, 1.807) is 4.90 Å². The van der Waals surface area contributed by atoms with Crippen LogP contribution in [-0.4, -0.2) is 57.6 Å². The molecule has 144 valence electrons. The Morgan fingerprint density at radius 1 is 1.15 bits per heavy atom. The number of rotatable bonds is 6. The van der Waals surface area contributed by atoms with Gasteiger partial charge in [0.1, 0.15) is 6.54 Å². The summed E-state index contributed by atoms with van der Waals surface area (Å²) in [6.07, 6.45) is 2.08. The average molecular weight is 368 g/mol. The molecule has 1 fully saturated rings. The van der Waals surface area contributed by atoms with E-state index >= 15 is 0 Å². The minimum absolute atomic E-state index is 0.0456. The molecule has 1 aliphatic heterocycles. The van der Waals surface area contributed by atoms with Crippen LogP contribution in [0.1, 0.15) is 47.1 Å². The molecule has 2 amide bonds. The standard InChI is InChI=1S/C21H28N4O2/c1-4-5-10-23-11-12-24(15-20(23)26)21(27)19-8-6-18(7-9-19)14-25-17(3)13-16(2)22-25/h6-9,13H,4-5,10-12,14-15H2,1-3H3. The Labute approximate surface area is 160 Å². The van der Waals surface area contributed by atoms with E-state index in [2.05, 4.69) is 18.1 Å². The van der Waals surface area contributed by atoms with Crippen molar-refractivity contribution in [1.82, 2.24) is 19.6 Å². The summed E-state index contributed by atoms with van der Waals surface area (Å²) in [5.74, 6) is -0.0275. The molecule has 0 unspecified atom stereocenters. The zero-order chi connectivity index (χ0) is 19.4. The van der Waals surface area contributed by atoms with Gasteiger partial charge in [0.05, 0.1) is 12.2 Å². The van der Waals surface area contributed by atoms with Gasteiger partial charge in [0.15, 0.2) is 0 Å². The zero-order valence-corrected chi connectivity index (χ0v) is 16.4. The molecule has 0 spiro atoms. The van der Waals surface area contributed by atoms with Crippen molar-refractivity contribution < 1.29 is 9.59 Å². The minimum atomic E-state index is -0.0730. The van der Waals surface area contributed by atoms with Gasteiger partial charge < -0.3 is 9.80 Å². The topological polar surface area (TPSA) is 58.4 Å². The van der Waals surface area contributed by atoms with Crippen LogP contribution >= 0.6 is 0 Å². The molecular weight excluding hydrogens is 340 g/mol. The smallest absolute Gasteiger partial charge is 0.254 e. The molecule has 1 aromatic heterocycles. The van der Waals surface area contributed by atoms with E-state index in [0.717, 1.165) is 36.3 Å². The van der Waals surface area contributed by atoms with E-state index in [-0.39, 0.29) is 18.4 Å². The average Bonchev–Trinajstić information content (AvgIpc) is 2.97. The van der Waals surface area contributed by atoms with Gasteiger partial charge in [-0.05, 0) is 44.0 Å². The molecule has 0 aliphatic carbocycles. The molecule has 2 aromatic rings. The van der Waals surface area contributed by atoms with Gasteiger partial charge >= 0.3 is 0 Å². The predicted octanol–water partition coefficient (Wildman–Crippen LogP) is 2.63. The molecule has 1 saturated heterocycles. The van der Waals surface area contributed by atoms with Gasteiger partial charge in [0, 0.05) is 30.9 Å². The predicted molar refractivity (Wildman–Crippen MR) is 105 cm³/mol. The van der Waals surface area contributed by atoms with Crippen LogP contribution in [0.25, 0.3) is 0 Å². The summed E-state index contributed by atoms with van der Waals surface area (Å²) in [5.41, 5.74) is 3.84. The first-order valence-electron chi connectivity index (χ1n) is 9.65. The Balaban J connectivity index is 1.61. The Bertz CT molecular complexity index is 810. The Kier molecular flexibility index (Phi) is 5.94. The number of aromatic nitrogens is 2. The maximum atomic E-state index is 12.7. The molecule has 3 rings (SSSR count). The number of hydrogen-bond acceptors (Lipinski definition) is 3. The van der Waals surface area contributed by atoms with Crippen molar-refractivity contribution in [3.8, 4) is 0 Å². The lowest BCUT2D eigenvalue weighted by Crippen LogP contribution is -2.52. The normalized spacial score (nSPS) is 14.7. The van der Waals surface area contributed by atoms with Crippen molar-refractivity contribution >= 4 is 11.8 Å². The summed E-state index contributed by atoms with van der Waals surface area (Å²) < 4.78 is 1.96. The van der Waals surface area contributed by atoms with Crippen LogP contribution in [0.4, 0.5) is 0 Å². The first kappa shape index (κ1) is 19.1. The number of benzene rings is 1. The molecule has 1 aromatic carbocycles. The third-order valence-electron chi connectivity index (χ3n) is 5.02. The zero-order valence-electron chi connectivity index (χ0n) is 16.4. The summed E-state index contributed by atoms with van der Waals surface area (Å²) in [6, 6.07) is 9.66. The second-order valence-corrected chi connectivity index (χ2v) is 7.24. The van der Waals surface area contributed by atoms with Crippen LogP contribution in [0, 0.1) is 13.8 Å². The molecule has 6 heteroatoms. The molecule has 0 saturated carbocycles. The highest BCUT2D eigenvalue weighted by atomic mass is 16.2. The molecular formula is C21H28N4O2. The van der Waals surface area contributed by atoms with Crippen LogP contribution in [0.15, 0.2) is 30.3 Å². The third kappa shape index (κ3) is 4.56. The number of hydrogen-bond donors (Lipinski definition) is 0. The maximum absolute atomic E-state index is 12.7. The highest BCUT2D eigenvalue weighted by molar-refractivity contribution is 5.97. The van der Waals surface area contributed by atoms with Crippen molar-refractivity contribution in [3.05, 3.63) is 52.8 Å². The quantitative estimate of drug-likeness (QED) is 0.788. The van der Waals surface area contributed by atoms with E-state index in [1.165, 1.54) is 0 Å². The lowest BCUT2D eigenvalue weighted by atomic mass is 10.1. The fourth-order valence-corrected chi connectivity index (χ4v) is 3.41. The second-order valence-electron chi connectivity index (χ2n) is 7.24. The van der Waals surface area contributed by atoms with Crippen molar-refractivity contribution in [2.75, 3.05) is 26.2 Å². The van der Waals surface area contributed by atoms with E-state index < -0.39 is 0 Å². The molecule has 6 nitrogen and oxygen atoms in total. The molecule has 0 N–H and O–H groups in total. The number of nitrogens with zero attached hydrogens (tertiary/aromatic N) is 4. The lowest BCUT2D eigenvalue weighted by molar-refractivity contribution is -0.135. The molecule has 0 bridgehead atoms. The lowest BCUT2D eigenvalue weighted by Gasteiger charge is -2.34. The highest BCUT2D eigenvalue weighted by Gasteiger charge is 2.27. The van der Waals surface area contributed by atoms with Crippen LogP contribution in [0.3, 0.4) is 0 Å². The Hall–Kier alpha value is -2.63. The van der Waals surface area contributed by atoms with Gasteiger partial charge in [-0.1, -0.05) is 25.5 Å². The maximum Gasteiger partial charge on any atom is 0.254 e. The van der Waals surface area contributed by atoms with Gasteiger partial charge in [-0.3, -0.25) is 14.3 Å². The van der Waals surface area contributed by atoms with Crippen molar-refractivity contribution in [2.24, 2.45) is 0 Å². The van der Waals surface area contributed by atoms with Gasteiger partial charge in [-0.15, -0.1) is 0 Å². The molecule has 0 radical (unpaired) electrons. The highest BCUT2D eigenvalue weighted by Crippen LogP contribution is 2.13. The fourth-order valence-electron chi connectivity index (χ4n) is 3.41. The number of unbranched alkanes of at least 4 members (excludes halogenated alkanes) is 1. The van der Waals surface area contributed by atoms with E-state index in [0.29, 0.717) is 25.2 Å². The molecule has 27 heavy (non-hydrogen) atoms. The Morgan fingerprint density at radius 3 is 2.48 bits per heavy atom. The monoisotopic (exact) mass is 368 g/mol. The van der Waals surface area contributed by atoms with Crippen molar-refractivity contribution in [2.45, 2.75) is 40.2 Å². The number of carbonyl (C=O) groups is 2. The van der Waals surface area contributed by atoms with Crippen LogP contribution in [0.5, 0.6) is 0 Å². The van der Waals surface area contributed by atoms with Gasteiger partial charge in [-0.25, -0.2) is 0 Å². The van der Waals surface area contributed by atoms with Crippen LogP contribution in [-0.2, 0) is 11.3 Å². The molecule has 2 heterocycles. The van der Waals surface area contributed by atoms with Crippen LogP contribution in [0.2, 0.25) is 0 Å². The molecule has 1 aliphatic rings. The van der Waals surface area contributed by atoms with E-state index in [1.807, 2.05) is 47.7 Å². The molecule has 0 atom stereocenters. The Morgan fingerprint density at radius 2 is 1.89 bits per heavy atom. The first-order chi connectivity index (χ1) is 13.0. The van der Waals surface area contributed by atoms with Crippen molar-refractivity contribution in [3.63, 3.8) is 0 Å². The van der Waals surface area contributed by atoms with Gasteiger partial charge in [0.2, 0.25) is 5.91 Å². The van der Waals surface area contributed by atoms with E-state index in [9.17, 15) is 9.59 Å². The number of aryl methyl sites for hydroxylation is 2. The summed E-state index contributed by atoms with van der Waals surface area (Å²) in [7, 11) is 0. The third-order valence-corrected chi connectivity index (χ3v) is 5.02. The first-order valence-corrected chi connectivity index (χ1v) is 9.65.